The summed E-state index contributed by atoms with van der Waals surface area (Å²) >= 11 is 0. The van der Waals surface area contributed by atoms with Gasteiger partial charge < -0.3 is 14.9 Å². The summed E-state index contributed by atoms with van der Waals surface area (Å²) in [5, 5.41) is 18.1. The second kappa shape index (κ2) is 6.05. The first-order chi connectivity index (χ1) is 7.71. The zero-order chi connectivity index (χ0) is 12.0. The average Bonchev–Trinajstić information content (AvgIpc) is 2.35. The SMILES string of the molecule is COC(=O)C=Cc1ccc(CO)c(CO)c1. The van der Waals surface area contributed by atoms with Gasteiger partial charge in [0.1, 0.15) is 0 Å². The summed E-state index contributed by atoms with van der Waals surface area (Å²) in [6, 6.07) is 5.18. The van der Waals surface area contributed by atoms with Gasteiger partial charge in [0.25, 0.3) is 0 Å². The fraction of sp³-hybridized carbons (Fsp3) is 0.250. The molecule has 0 heterocycles. The number of hydrogen-bond donors (Lipinski definition) is 2. The van der Waals surface area contributed by atoms with E-state index in [1.54, 1.807) is 24.3 Å². The lowest BCUT2D eigenvalue weighted by Gasteiger charge is -2.05. The van der Waals surface area contributed by atoms with Crippen LogP contribution in [-0.2, 0) is 22.7 Å². The molecule has 1 aromatic rings. The third-order valence-electron chi connectivity index (χ3n) is 2.18. The van der Waals surface area contributed by atoms with Gasteiger partial charge in [-0.1, -0.05) is 12.1 Å². The number of benzene rings is 1. The minimum Gasteiger partial charge on any atom is -0.466 e. The lowest BCUT2D eigenvalue weighted by atomic mass is 10.0. The predicted octanol–water partition coefficient (Wildman–Crippen LogP) is 0.857. The molecule has 0 aliphatic rings. The summed E-state index contributed by atoms with van der Waals surface area (Å²) < 4.78 is 4.46. The molecule has 0 amide bonds. The zero-order valence-electron chi connectivity index (χ0n) is 9.01. The largest absolute Gasteiger partial charge is 0.466 e. The number of methoxy groups -OCH3 is 1. The monoisotopic (exact) mass is 222 g/mol. The van der Waals surface area contributed by atoms with Crippen molar-refractivity contribution in [1.82, 2.24) is 0 Å². The maximum atomic E-state index is 10.9. The fourth-order valence-electron chi connectivity index (χ4n) is 1.28. The second-order valence-corrected chi connectivity index (χ2v) is 3.20. The topological polar surface area (TPSA) is 66.8 Å². The van der Waals surface area contributed by atoms with Gasteiger partial charge in [0.15, 0.2) is 0 Å². The maximum Gasteiger partial charge on any atom is 0.330 e. The number of aliphatic hydroxyl groups excluding tert-OH is 2. The molecule has 0 aliphatic heterocycles. The molecule has 4 nitrogen and oxygen atoms in total. The van der Waals surface area contributed by atoms with E-state index in [1.807, 2.05) is 0 Å². The molecule has 86 valence electrons. The molecule has 0 bridgehead atoms. The minimum absolute atomic E-state index is 0.114. The van der Waals surface area contributed by atoms with E-state index in [0.717, 1.165) is 5.56 Å². The van der Waals surface area contributed by atoms with Crippen LogP contribution in [0.25, 0.3) is 6.08 Å². The standard InChI is InChI=1S/C12H14O4/c1-16-12(15)5-3-9-2-4-10(7-13)11(6-9)8-14/h2-6,13-14H,7-8H2,1H3. The molecular formula is C12H14O4. The second-order valence-electron chi connectivity index (χ2n) is 3.20. The van der Waals surface area contributed by atoms with Crippen LogP contribution >= 0.6 is 0 Å². The van der Waals surface area contributed by atoms with Gasteiger partial charge in [0, 0.05) is 6.08 Å². The van der Waals surface area contributed by atoms with Crippen molar-refractivity contribution in [2.75, 3.05) is 7.11 Å². The van der Waals surface area contributed by atoms with Gasteiger partial charge in [-0.25, -0.2) is 4.79 Å². The Labute approximate surface area is 93.8 Å². The summed E-state index contributed by atoms with van der Waals surface area (Å²) in [7, 11) is 1.31. The molecule has 0 aromatic heterocycles. The van der Waals surface area contributed by atoms with Gasteiger partial charge in [-0.2, -0.15) is 0 Å². The van der Waals surface area contributed by atoms with E-state index < -0.39 is 5.97 Å². The zero-order valence-corrected chi connectivity index (χ0v) is 9.01. The number of aliphatic hydroxyl groups is 2. The molecular weight excluding hydrogens is 208 g/mol. The van der Waals surface area contributed by atoms with Gasteiger partial charge in [-0.15, -0.1) is 0 Å². The number of ether oxygens (including phenoxy) is 1. The van der Waals surface area contributed by atoms with Crippen LogP contribution in [0.4, 0.5) is 0 Å². The van der Waals surface area contributed by atoms with Crippen molar-refractivity contribution < 1.29 is 19.7 Å². The fourth-order valence-corrected chi connectivity index (χ4v) is 1.28. The highest BCUT2D eigenvalue weighted by molar-refractivity contribution is 5.86. The molecule has 0 radical (unpaired) electrons. The Hall–Kier alpha value is -1.65. The van der Waals surface area contributed by atoms with E-state index in [0.29, 0.717) is 11.1 Å². The summed E-state index contributed by atoms with van der Waals surface area (Å²) in [4.78, 5) is 10.9. The van der Waals surface area contributed by atoms with Crippen molar-refractivity contribution in [3.8, 4) is 0 Å². The Balaban J connectivity index is 2.91. The normalized spacial score (nSPS) is 10.7. The van der Waals surface area contributed by atoms with Crippen molar-refractivity contribution in [3.05, 3.63) is 41.0 Å². The third-order valence-corrected chi connectivity index (χ3v) is 2.18. The molecule has 0 spiro atoms. The molecule has 4 heteroatoms. The number of rotatable bonds is 4. The van der Waals surface area contributed by atoms with Gasteiger partial charge >= 0.3 is 5.97 Å². The Morgan fingerprint density at radius 2 is 2.00 bits per heavy atom. The quantitative estimate of drug-likeness (QED) is 0.585. The van der Waals surface area contributed by atoms with Crippen LogP contribution in [0.2, 0.25) is 0 Å². The van der Waals surface area contributed by atoms with E-state index in [-0.39, 0.29) is 13.2 Å². The molecule has 0 fully saturated rings. The summed E-state index contributed by atoms with van der Waals surface area (Å²) in [5.74, 6) is -0.434. The summed E-state index contributed by atoms with van der Waals surface area (Å²) in [6.07, 6.45) is 2.89. The lowest BCUT2D eigenvalue weighted by molar-refractivity contribution is -0.134. The van der Waals surface area contributed by atoms with Crippen LogP contribution in [0.3, 0.4) is 0 Å². The van der Waals surface area contributed by atoms with Crippen molar-refractivity contribution in [2.45, 2.75) is 13.2 Å². The highest BCUT2D eigenvalue weighted by Crippen LogP contribution is 2.13. The van der Waals surface area contributed by atoms with Crippen molar-refractivity contribution >= 4 is 12.0 Å². The lowest BCUT2D eigenvalue weighted by Crippen LogP contribution is -1.95. The van der Waals surface area contributed by atoms with E-state index in [2.05, 4.69) is 4.74 Å². The Morgan fingerprint density at radius 1 is 1.31 bits per heavy atom. The molecule has 0 aliphatic carbocycles. The Kier molecular flexibility index (Phi) is 4.69. The van der Waals surface area contributed by atoms with Crippen molar-refractivity contribution in [1.29, 1.82) is 0 Å². The van der Waals surface area contributed by atoms with E-state index in [4.69, 9.17) is 10.2 Å². The molecule has 1 rings (SSSR count). The number of carbonyl (C=O) groups excluding carboxylic acids is 1. The Morgan fingerprint density at radius 3 is 2.56 bits per heavy atom. The smallest absolute Gasteiger partial charge is 0.330 e. The van der Waals surface area contributed by atoms with Crippen molar-refractivity contribution in [2.24, 2.45) is 0 Å². The van der Waals surface area contributed by atoms with Crippen LogP contribution in [0.5, 0.6) is 0 Å². The Bertz CT molecular complexity index is 396. The predicted molar refractivity (Wildman–Crippen MR) is 59.3 cm³/mol. The van der Waals surface area contributed by atoms with E-state index >= 15 is 0 Å². The first-order valence-corrected chi connectivity index (χ1v) is 4.80. The molecule has 2 N–H and O–H groups in total. The third kappa shape index (κ3) is 3.18. The van der Waals surface area contributed by atoms with Gasteiger partial charge in [0.2, 0.25) is 0 Å². The molecule has 0 atom stereocenters. The summed E-state index contributed by atoms with van der Waals surface area (Å²) in [6.45, 7) is -0.257. The number of esters is 1. The molecule has 1 aromatic carbocycles. The minimum atomic E-state index is -0.434. The number of carbonyl (C=O) groups is 1. The molecule has 0 saturated carbocycles. The highest BCUT2D eigenvalue weighted by Gasteiger charge is 2.01. The number of hydrogen-bond acceptors (Lipinski definition) is 4. The first-order valence-electron chi connectivity index (χ1n) is 4.80. The van der Waals surface area contributed by atoms with Crippen LogP contribution in [0.15, 0.2) is 24.3 Å². The van der Waals surface area contributed by atoms with E-state index in [9.17, 15) is 4.79 Å². The van der Waals surface area contributed by atoms with Crippen LogP contribution in [0, 0.1) is 0 Å². The van der Waals surface area contributed by atoms with Crippen LogP contribution in [0.1, 0.15) is 16.7 Å². The van der Waals surface area contributed by atoms with Crippen LogP contribution in [-0.4, -0.2) is 23.3 Å². The first kappa shape index (κ1) is 12.4. The molecule has 16 heavy (non-hydrogen) atoms. The highest BCUT2D eigenvalue weighted by atomic mass is 16.5. The summed E-state index contributed by atoms with van der Waals surface area (Å²) in [5.41, 5.74) is 2.10. The van der Waals surface area contributed by atoms with Gasteiger partial charge in [-0.3, -0.25) is 0 Å². The van der Waals surface area contributed by atoms with Gasteiger partial charge in [0.05, 0.1) is 20.3 Å². The van der Waals surface area contributed by atoms with E-state index in [1.165, 1.54) is 13.2 Å². The molecule has 0 saturated heterocycles. The molecule has 0 unspecified atom stereocenters. The maximum absolute atomic E-state index is 10.9. The van der Waals surface area contributed by atoms with Gasteiger partial charge in [-0.05, 0) is 28.8 Å². The average molecular weight is 222 g/mol. The van der Waals surface area contributed by atoms with Crippen LogP contribution < -0.4 is 0 Å². The van der Waals surface area contributed by atoms with Crippen molar-refractivity contribution in [3.63, 3.8) is 0 Å².